The van der Waals surface area contributed by atoms with E-state index >= 15 is 0 Å². The Morgan fingerprint density at radius 1 is 1.07 bits per heavy atom. The number of nitrogens with zero attached hydrogens (tertiary/aromatic N) is 5. The van der Waals surface area contributed by atoms with Crippen LogP contribution in [-0.4, -0.2) is 63.2 Å². The van der Waals surface area contributed by atoms with E-state index < -0.39 is 0 Å². The standard InChI is InChI=1S/C20H24N6O/c21-20-18-7-6-17(26(18)23-14-22-20)19-12-25-9-8-24(11-16(25)13-27-19)10-15-4-2-1-3-5-15/h1-7,14,16,19H,8-13H2,(H2,21,22,23). The fourth-order valence-corrected chi connectivity index (χ4v) is 4.23. The molecule has 0 amide bonds. The van der Waals surface area contributed by atoms with Gasteiger partial charge in [0.25, 0.3) is 0 Å². The van der Waals surface area contributed by atoms with Gasteiger partial charge >= 0.3 is 0 Å². The molecule has 27 heavy (non-hydrogen) atoms. The molecule has 2 fully saturated rings. The molecule has 2 atom stereocenters. The zero-order chi connectivity index (χ0) is 18.2. The summed E-state index contributed by atoms with van der Waals surface area (Å²) in [6, 6.07) is 15.2. The Labute approximate surface area is 158 Å². The van der Waals surface area contributed by atoms with Crippen LogP contribution in [0.15, 0.2) is 48.8 Å². The molecule has 0 aliphatic carbocycles. The third-order valence-electron chi connectivity index (χ3n) is 5.67. The maximum Gasteiger partial charge on any atom is 0.151 e. The molecule has 0 bridgehead atoms. The van der Waals surface area contributed by atoms with Crippen LogP contribution >= 0.6 is 0 Å². The predicted octanol–water partition coefficient (Wildman–Crippen LogP) is 1.57. The number of fused-ring (bicyclic) bond motifs is 2. The summed E-state index contributed by atoms with van der Waals surface area (Å²) in [5.74, 6) is 0.500. The third kappa shape index (κ3) is 3.18. The number of rotatable bonds is 3. The average Bonchev–Trinajstić information content (AvgIpc) is 3.14. The van der Waals surface area contributed by atoms with Crippen molar-refractivity contribution in [1.82, 2.24) is 24.4 Å². The van der Waals surface area contributed by atoms with Crippen molar-refractivity contribution in [3.63, 3.8) is 0 Å². The van der Waals surface area contributed by atoms with Crippen molar-refractivity contribution in [3.05, 3.63) is 60.0 Å². The average molecular weight is 364 g/mol. The molecule has 7 nitrogen and oxygen atoms in total. The van der Waals surface area contributed by atoms with E-state index in [1.807, 2.05) is 10.6 Å². The van der Waals surface area contributed by atoms with E-state index in [1.54, 1.807) is 0 Å². The number of hydrogen-bond acceptors (Lipinski definition) is 6. The second-order valence-electron chi connectivity index (χ2n) is 7.39. The van der Waals surface area contributed by atoms with Crippen molar-refractivity contribution in [2.75, 3.05) is 38.5 Å². The van der Waals surface area contributed by atoms with Gasteiger partial charge in [-0.2, -0.15) is 5.10 Å². The van der Waals surface area contributed by atoms with Crippen LogP contribution in [0.3, 0.4) is 0 Å². The van der Waals surface area contributed by atoms with Gasteiger partial charge in [0.15, 0.2) is 5.82 Å². The van der Waals surface area contributed by atoms with Crippen molar-refractivity contribution in [2.24, 2.45) is 0 Å². The van der Waals surface area contributed by atoms with Gasteiger partial charge in [-0.05, 0) is 17.7 Å². The fraction of sp³-hybridized carbons (Fsp3) is 0.400. The molecule has 1 aromatic carbocycles. The molecule has 0 radical (unpaired) electrons. The topological polar surface area (TPSA) is 71.9 Å². The molecular weight excluding hydrogens is 340 g/mol. The van der Waals surface area contributed by atoms with Gasteiger partial charge in [-0.3, -0.25) is 9.80 Å². The summed E-state index contributed by atoms with van der Waals surface area (Å²) in [5.41, 5.74) is 9.21. The van der Waals surface area contributed by atoms with Gasteiger partial charge < -0.3 is 10.5 Å². The fourth-order valence-electron chi connectivity index (χ4n) is 4.23. The summed E-state index contributed by atoms with van der Waals surface area (Å²) in [5, 5.41) is 4.36. The first-order valence-corrected chi connectivity index (χ1v) is 9.48. The van der Waals surface area contributed by atoms with Crippen LogP contribution in [0, 0.1) is 0 Å². The molecule has 3 aromatic rings. The summed E-state index contributed by atoms with van der Waals surface area (Å²) in [6.07, 6.45) is 1.51. The van der Waals surface area contributed by atoms with E-state index in [0.717, 1.165) is 50.5 Å². The maximum absolute atomic E-state index is 6.25. The lowest BCUT2D eigenvalue weighted by Crippen LogP contribution is -2.58. The molecule has 2 saturated heterocycles. The second kappa shape index (κ2) is 6.92. The summed E-state index contributed by atoms with van der Waals surface area (Å²) in [6.45, 7) is 5.84. The van der Waals surface area contributed by atoms with Crippen molar-refractivity contribution < 1.29 is 4.74 Å². The molecule has 5 rings (SSSR count). The molecule has 2 aromatic heterocycles. The maximum atomic E-state index is 6.25. The molecule has 7 heteroatoms. The quantitative estimate of drug-likeness (QED) is 0.761. The molecule has 0 spiro atoms. The van der Waals surface area contributed by atoms with Gasteiger partial charge in [-0.25, -0.2) is 9.50 Å². The number of benzene rings is 1. The Hall–Kier alpha value is -2.48. The lowest BCUT2D eigenvalue weighted by molar-refractivity contribution is -0.0932. The molecule has 2 aliphatic rings. The Bertz CT molecular complexity index is 927. The van der Waals surface area contributed by atoms with Crippen molar-refractivity contribution >= 4 is 11.3 Å². The van der Waals surface area contributed by atoms with Crippen LogP contribution in [0.2, 0.25) is 0 Å². The SMILES string of the molecule is Nc1ncnn2c(C3CN4CCN(Cc5ccccc5)CC4CO3)ccc12. The van der Waals surface area contributed by atoms with Crippen molar-refractivity contribution in [2.45, 2.75) is 18.7 Å². The number of ether oxygens (including phenoxy) is 1. The molecule has 4 heterocycles. The summed E-state index contributed by atoms with van der Waals surface area (Å²) < 4.78 is 8.11. The van der Waals surface area contributed by atoms with Crippen LogP contribution in [0.25, 0.3) is 5.52 Å². The van der Waals surface area contributed by atoms with Crippen molar-refractivity contribution in [1.29, 1.82) is 0 Å². The summed E-state index contributed by atoms with van der Waals surface area (Å²) in [4.78, 5) is 9.15. The minimum atomic E-state index is 0.0127. The first-order valence-electron chi connectivity index (χ1n) is 9.48. The van der Waals surface area contributed by atoms with Crippen LogP contribution in [-0.2, 0) is 11.3 Å². The molecule has 0 saturated carbocycles. The van der Waals surface area contributed by atoms with E-state index in [0.29, 0.717) is 11.9 Å². The highest BCUT2D eigenvalue weighted by atomic mass is 16.5. The minimum absolute atomic E-state index is 0.0127. The van der Waals surface area contributed by atoms with Gasteiger partial charge in [0, 0.05) is 38.8 Å². The molecule has 2 N–H and O–H groups in total. The Morgan fingerprint density at radius 2 is 1.96 bits per heavy atom. The zero-order valence-electron chi connectivity index (χ0n) is 15.2. The molecule has 140 valence electrons. The number of morpholine rings is 1. The molecule has 2 aliphatic heterocycles. The highest BCUT2D eigenvalue weighted by molar-refractivity contribution is 5.65. The van der Waals surface area contributed by atoms with Crippen LogP contribution in [0.5, 0.6) is 0 Å². The number of nitrogen functional groups attached to an aromatic ring is 1. The number of aromatic nitrogens is 3. The number of hydrogen-bond donors (Lipinski definition) is 1. The smallest absolute Gasteiger partial charge is 0.151 e. The Morgan fingerprint density at radius 3 is 2.85 bits per heavy atom. The van der Waals surface area contributed by atoms with Gasteiger partial charge in [0.05, 0.1) is 12.3 Å². The molecular formula is C20H24N6O. The largest absolute Gasteiger partial charge is 0.382 e. The minimum Gasteiger partial charge on any atom is -0.382 e. The Balaban J connectivity index is 1.27. The number of nitrogens with two attached hydrogens (primary N) is 1. The number of anilines is 1. The van der Waals surface area contributed by atoms with E-state index in [1.165, 1.54) is 11.9 Å². The second-order valence-corrected chi connectivity index (χ2v) is 7.39. The summed E-state index contributed by atoms with van der Waals surface area (Å²) in [7, 11) is 0. The zero-order valence-corrected chi connectivity index (χ0v) is 15.2. The highest BCUT2D eigenvalue weighted by Gasteiger charge is 2.35. The number of piperazine rings is 1. The van der Waals surface area contributed by atoms with Crippen LogP contribution in [0.4, 0.5) is 5.82 Å². The highest BCUT2D eigenvalue weighted by Crippen LogP contribution is 2.28. The lowest BCUT2D eigenvalue weighted by atomic mass is 10.1. The van der Waals surface area contributed by atoms with Crippen molar-refractivity contribution in [3.8, 4) is 0 Å². The lowest BCUT2D eigenvalue weighted by Gasteiger charge is -2.46. The Kier molecular flexibility index (Phi) is 4.27. The van der Waals surface area contributed by atoms with E-state index in [9.17, 15) is 0 Å². The first kappa shape index (κ1) is 16.7. The van der Waals surface area contributed by atoms with E-state index in [4.69, 9.17) is 10.5 Å². The third-order valence-corrected chi connectivity index (χ3v) is 5.67. The van der Waals surface area contributed by atoms with Gasteiger partial charge in [-0.1, -0.05) is 30.3 Å². The summed E-state index contributed by atoms with van der Waals surface area (Å²) >= 11 is 0. The van der Waals surface area contributed by atoms with E-state index in [-0.39, 0.29) is 6.10 Å². The normalized spacial score (nSPS) is 24.1. The van der Waals surface area contributed by atoms with Crippen LogP contribution < -0.4 is 5.73 Å². The van der Waals surface area contributed by atoms with Gasteiger partial charge in [-0.15, -0.1) is 0 Å². The predicted molar refractivity (Wildman–Crippen MR) is 103 cm³/mol. The van der Waals surface area contributed by atoms with Crippen LogP contribution in [0.1, 0.15) is 17.4 Å². The first-order chi connectivity index (χ1) is 13.3. The monoisotopic (exact) mass is 364 g/mol. The van der Waals surface area contributed by atoms with E-state index in [2.05, 4.69) is 56.3 Å². The van der Waals surface area contributed by atoms with Gasteiger partial charge in [0.2, 0.25) is 0 Å². The van der Waals surface area contributed by atoms with Gasteiger partial charge in [0.1, 0.15) is 17.9 Å². The molecule has 2 unspecified atom stereocenters.